The quantitative estimate of drug-likeness (QED) is 0.145. The zero-order valence-electron chi connectivity index (χ0n) is 40.2. The van der Waals surface area contributed by atoms with Crippen LogP contribution in [0.15, 0.2) is 59.3 Å². The van der Waals surface area contributed by atoms with Gasteiger partial charge in [-0.05, 0) is 62.8 Å². The Kier molecular flexibility index (Phi) is 16.4. The van der Waals surface area contributed by atoms with Crippen molar-refractivity contribution >= 4 is 12.4 Å². The lowest BCUT2D eigenvalue weighted by Gasteiger charge is -2.48. The fourth-order valence-electron chi connectivity index (χ4n) is 11.2. The molecule has 15 nitrogen and oxygen atoms in total. The first-order valence-electron chi connectivity index (χ1n) is 23.8. The van der Waals surface area contributed by atoms with Crippen molar-refractivity contribution in [3.05, 3.63) is 59.3 Å². The van der Waals surface area contributed by atoms with Crippen LogP contribution < -0.4 is 5.32 Å². The molecule has 6 aliphatic heterocycles. The summed E-state index contributed by atoms with van der Waals surface area (Å²) in [5, 5.41) is 15.6. The molecule has 2 bridgehead atoms. The van der Waals surface area contributed by atoms with E-state index in [-0.39, 0.29) is 60.9 Å². The van der Waals surface area contributed by atoms with E-state index in [1.54, 1.807) is 27.4 Å². The predicted octanol–water partition coefficient (Wildman–Crippen LogP) is 5.79. The zero-order chi connectivity index (χ0) is 46.8. The highest BCUT2D eigenvalue weighted by Crippen LogP contribution is 2.48. The van der Waals surface area contributed by atoms with Gasteiger partial charge in [0.05, 0.1) is 55.4 Å². The van der Waals surface area contributed by atoms with E-state index in [4.69, 9.17) is 52.1 Å². The van der Waals surface area contributed by atoms with Crippen molar-refractivity contribution < 1.29 is 66.8 Å². The summed E-state index contributed by atoms with van der Waals surface area (Å²) in [6.45, 7) is 16.5. The Hall–Kier alpha value is -2.80. The van der Waals surface area contributed by atoms with E-state index in [1.165, 1.54) is 0 Å². The molecule has 65 heavy (non-hydrogen) atoms. The summed E-state index contributed by atoms with van der Waals surface area (Å²) >= 11 is 0. The third kappa shape index (κ3) is 10.5. The molecule has 2 N–H and O–H groups in total. The number of esters is 1. The molecule has 0 aromatic carbocycles. The topological polar surface area (TPSA) is 168 Å². The van der Waals surface area contributed by atoms with Gasteiger partial charge in [0.25, 0.3) is 0 Å². The van der Waals surface area contributed by atoms with E-state index < -0.39 is 72.5 Å². The number of fused-ring (bicyclic) bond motifs is 2. The smallest absolute Gasteiger partial charge is 0.316 e. The van der Waals surface area contributed by atoms with Gasteiger partial charge in [-0.1, -0.05) is 70.6 Å². The van der Waals surface area contributed by atoms with E-state index in [2.05, 4.69) is 52.1 Å². The SMILES string of the molecule is CC[C@H](C)[C@H]1O[C@]2(C=C[C@@H]1C)C[C@@H]1C[C@@H](C/C=C(\C)[C@@H](O[C@H]3C[C@H](OC)[C@@H](O[C@H]4C[C@H](OC)[C@@H](NC=O)[C@H](C)O4)[C@H](C)O3)[C@@H](C)/C=C/C=C3\CO[C@@H]4[C@H](OC)C(C)=C[C@@H](C(=O)O1)[C@]34O)O2. The number of carbonyl (C=O) groups excluding carboxylic acids is 2. The highest BCUT2D eigenvalue weighted by molar-refractivity contribution is 5.78. The van der Waals surface area contributed by atoms with Crippen LogP contribution in [0.25, 0.3) is 0 Å². The zero-order valence-corrected chi connectivity index (χ0v) is 40.2. The maximum atomic E-state index is 14.5. The van der Waals surface area contributed by atoms with Crippen LogP contribution in [0.5, 0.6) is 0 Å². The Morgan fingerprint density at radius 2 is 1.62 bits per heavy atom. The molecule has 7 rings (SSSR count). The molecule has 1 spiro atoms. The first kappa shape index (κ1) is 50.1. The average Bonchev–Trinajstić information content (AvgIpc) is 3.61. The summed E-state index contributed by atoms with van der Waals surface area (Å²) < 4.78 is 70.5. The maximum absolute atomic E-state index is 14.5. The minimum absolute atomic E-state index is 0.0849. The molecule has 15 heteroatoms. The number of carbonyl (C=O) groups is 2. The summed E-state index contributed by atoms with van der Waals surface area (Å²) in [7, 11) is 4.86. The lowest BCUT2D eigenvalue weighted by atomic mass is 9.70. The molecular formula is C50H75NO14. The molecule has 0 unspecified atom stereocenters. The first-order chi connectivity index (χ1) is 31.1. The summed E-state index contributed by atoms with van der Waals surface area (Å²) in [4.78, 5) is 25.8. The summed E-state index contributed by atoms with van der Waals surface area (Å²) in [6, 6.07) is -0.305. The van der Waals surface area contributed by atoms with Crippen LogP contribution in [0.2, 0.25) is 0 Å². The molecule has 20 atom stereocenters. The number of rotatable bonds is 11. The van der Waals surface area contributed by atoms with Crippen LogP contribution in [-0.4, -0.2) is 143 Å². The summed E-state index contributed by atoms with van der Waals surface area (Å²) in [5.74, 6) is -2.38. The molecule has 1 amide bonds. The number of ether oxygens (including phenoxy) is 11. The summed E-state index contributed by atoms with van der Waals surface area (Å²) in [5.41, 5.74) is 0.609. The number of amides is 1. The fraction of sp³-hybridized carbons (Fsp3) is 0.760. The van der Waals surface area contributed by atoms with E-state index in [9.17, 15) is 14.7 Å². The van der Waals surface area contributed by atoms with Crippen LogP contribution in [0, 0.1) is 23.7 Å². The van der Waals surface area contributed by atoms with Gasteiger partial charge in [-0.15, -0.1) is 0 Å². The van der Waals surface area contributed by atoms with Crippen LogP contribution in [0.4, 0.5) is 0 Å². The van der Waals surface area contributed by atoms with Gasteiger partial charge in [-0.25, -0.2) is 0 Å². The molecule has 0 saturated carbocycles. The molecular weight excluding hydrogens is 839 g/mol. The second-order valence-electron chi connectivity index (χ2n) is 19.5. The molecule has 6 heterocycles. The Labute approximate surface area is 385 Å². The first-order valence-corrected chi connectivity index (χ1v) is 23.8. The van der Waals surface area contributed by atoms with E-state index in [0.29, 0.717) is 44.1 Å². The van der Waals surface area contributed by atoms with Gasteiger partial charge in [-0.3, -0.25) is 9.59 Å². The molecule has 0 aromatic heterocycles. The largest absolute Gasteiger partial charge is 0.462 e. The molecule has 4 saturated heterocycles. The molecule has 1 aliphatic carbocycles. The number of allylic oxidation sites excluding steroid dienone is 2. The van der Waals surface area contributed by atoms with Gasteiger partial charge in [0, 0.05) is 58.8 Å². The number of aliphatic hydroxyl groups is 1. The Morgan fingerprint density at radius 1 is 0.892 bits per heavy atom. The lowest BCUT2D eigenvalue weighted by Crippen LogP contribution is -2.58. The van der Waals surface area contributed by atoms with E-state index >= 15 is 0 Å². The van der Waals surface area contributed by atoms with Gasteiger partial charge < -0.3 is 62.5 Å². The number of hydrogen-bond donors (Lipinski definition) is 2. The minimum Gasteiger partial charge on any atom is -0.462 e. The second kappa shape index (κ2) is 21.2. The van der Waals surface area contributed by atoms with E-state index in [1.807, 2.05) is 45.1 Å². The fourth-order valence-corrected chi connectivity index (χ4v) is 11.2. The van der Waals surface area contributed by atoms with Gasteiger partial charge in [0.15, 0.2) is 18.4 Å². The van der Waals surface area contributed by atoms with Gasteiger partial charge in [0.2, 0.25) is 6.41 Å². The van der Waals surface area contributed by atoms with Gasteiger partial charge >= 0.3 is 5.97 Å². The van der Waals surface area contributed by atoms with Crippen molar-refractivity contribution in [2.24, 2.45) is 23.7 Å². The monoisotopic (exact) mass is 914 g/mol. The average molecular weight is 914 g/mol. The van der Waals surface area contributed by atoms with Gasteiger partial charge in [0.1, 0.15) is 35.9 Å². The van der Waals surface area contributed by atoms with Crippen LogP contribution in [-0.2, 0) is 61.7 Å². The second-order valence-corrected chi connectivity index (χ2v) is 19.5. The molecule has 364 valence electrons. The number of methoxy groups -OCH3 is 3. The third-order valence-electron chi connectivity index (χ3n) is 15.0. The van der Waals surface area contributed by atoms with Crippen molar-refractivity contribution in [2.45, 2.75) is 191 Å². The molecule has 7 aliphatic rings. The van der Waals surface area contributed by atoms with Gasteiger partial charge in [-0.2, -0.15) is 0 Å². The van der Waals surface area contributed by atoms with Crippen molar-refractivity contribution in [1.82, 2.24) is 5.32 Å². The predicted molar refractivity (Wildman–Crippen MR) is 239 cm³/mol. The van der Waals surface area contributed by atoms with Crippen molar-refractivity contribution in [1.29, 1.82) is 0 Å². The van der Waals surface area contributed by atoms with Crippen molar-refractivity contribution in [2.75, 3.05) is 27.9 Å². The van der Waals surface area contributed by atoms with Crippen LogP contribution in [0.1, 0.15) is 93.9 Å². The maximum Gasteiger partial charge on any atom is 0.316 e. The van der Waals surface area contributed by atoms with Crippen LogP contribution >= 0.6 is 0 Å². The number of nitrogens with one attached hydrogen (secondary N) is 1. The minimum atomic E-state index is -1.71. The number of hydrogen-bond acceptors (Lipinski definition) is 14. The lowest BCUT2D eigenvalue weighted by molar-refractivity contribution is -0.311. The van der Waals surface area contributed by atoms with Crippen molar-refractivity contribution in [3.63, 3.8) is 0 Å². The van der Waals surface area contributed by atoms with Crippen molar-refractivity contribution in [3.8, 4) is 0 Å². The third-order valence-corrected chi connectivity index (χ3v) is 15.0. The Balaban J connectivity index is 1.18. The van der Waals surface area contributed by atoms with E-state index in [0.717, 1.165) is 17.6 Å². The Bertz CT molecular complexity index is 1820. The Morgan fingerprint density at radius 3 is 2.32 bits per heavy atom. The molecule has 4 fully saturated rings. The molecule has 0 radical (unpaired) electrons. The summed E-state index contributed by atoms with van der Waals surface area (Å²) in [6.07, 6.45) is 11.5. The standard InChI is InChI=1S/C50H75NO14/c1-12-27(2)44-30(5)18-19-49(65-44)24-36-21-35(64-49)17-16-29(4)43(28(3)14-13-15-34-25-58-47-45(57-11)31(6)20-37(48(53)61-36)50(34,47)54)62-41-23-39(56-10)46(33(8)60-41)63-40-22-38(55-9)42(51-26-52)32(7)59-40/h13-16,18-20,26-28,30,32-33,35-47,54H,12,17,21-25H2,1-11H3,(H,51,52)/b14-13+,29-16+,34-15+/t27-,28-,30-,32-,33-,35+,36-,37-,38-,39-,40-,41-,42-,43-,44+,45+,46-,47+,49+,50+/m0/s1. The van der Waals surface area contributed by atoms with Crippen LogP contribution in [0.3, 0.4) is 0 Å². The highest BCUT2D eigenvalue weighted by Gasteiger charge is 2.60. The molecule has 0 aromatic rings. The normalized spacial score (nSPS) is 47.3. The highest BCUT2D eigenvalue weighted by atomic mass is 16.7.